The molecule has 20 heavy (non-hydrogen) atoms. The summed E-state index contributed by atoms with van der Waals surface area (Å²) in [6.07, 6.45) is 4.32. The molecule has 0 saturated carbocycles. The van der Waals surface area contributed by atoms with Gasteiger partial charge in [-0.15, -0.1) is 0 Å². The minimum Gasteiger partial charge on any atom is -0.347 e. The van der Waals surface area contributed by atoms with Crippen molar-refractivity contribution >= 4 is 10.0 Å². The predicted molar refractivity (Wildman–Crippen MR) is 78.6 cm³/mol. The molecule has 114 valence electrons. The lowest BCUT2D eigenvalue weighted by Crippen LogP contribution is -2.51. The van der Waals surface area contributed by atoms with Crippen LogP contribution in [0, 0.1) is 5.92 Å². The van der Waals surface area contributed by atoms with Crippen molar-refractivity contribution in [2.45, 2.75) is 45.0 Å². The molecule has 1 aromatic rings. The lowest BCUT2D eigenvalue weighted by atomic mass is 9.95. The smallest absolute Gasteiger partial charge is 0.216 e. The van der Waals surface area contributed by atoms with Crippen molar-refractivity contribution in [3.63, 3.8) is 0 Å². The Hall–Kier alpha value is -0.920. The first-order chi connectivity index (χ1) is 9.41. The van der Waals surface area contributed by atoms with Crippen LogP contribution in [0.15, 0.2) is 12.5 Å². The van der Waals surface area contributed by atoms with Crippen molar-refractivity contribution in [3.05, 3.63) is 18.2 Å². The number of imidazole rings is 1. The molecule has 2 heterocycles. The van der Waals surface area contributed by atoms with E-state index in [9.17, 15) is 8.42 Å². The zero-order valence-corrected chi connectivity index (χ0v) is 13.2. The molecular formula is C13H24N4O2S. The topological polar surface area (TPSA) is 78.1 Å². The number of hydrogen-bond donors (Lipinski definition) is 2. The molecule has 1 fully saturated rings. The van der Waals surface area contributed by atoms with Gasteiger partial charge >= 0.3 is 0 Å². The van der Waals surface area contributed by atoms with Crippen LogP contribution in [0.25, 0.3) is 0 Å². The fourth-order valence-corrected chi connectivity index (χ4v) is 3.96. The lowest BCUT2D eigenvalue weighted by molar-refractivity contribution is 0.218. The van der Waals surface area contributed by atoms with Crippen LogP contribution < -0.4 is 5.32 Å². The van der Waals surface area contributed by atoms with Crippen LogP contribution in [0.1, 0.15) is 32.9 Å². The summed E-state index contributed by atoms with van der Waals surface area (Å²) < 4.78 is 26.0. The highest BCUT2D eigenvalue weighted by Gasteiger charge is 2.33. The standard InChI is InChI=1S/C13H24N4O2S/c1-10(2)20(18,19)17-5-4-13(11(3)8-17)15-7-12-6-14-9-16-12/h6,9-11,13,15H,4-5,7-8H2,1-3H3,(H,14,16). The van der Waals surface area contributed by atoms with Crippen LogP contribution in [0.4, 0.5) is 0 Å². The molecule has 2 N–H and O–H groups in total. The van der Waals surface area contributed by atoms with Crippen LogP contribution in [0.2, 0.25) is 0 Å². The third-order valence-corrected chi connectivity index (χ3v) is 6.18. The normalized spacial score (nSPS) is 25.2. The van der Waals surface area contributed by atoms with Crippen molar-refractivity contribution in [1.82, 2.24) is 19.6 Å². The number of nitrogens with zero attached hydrogens (tertiary/aromatic N) is 2. The van der Waals surface area contributed by atoms with E-state index in [0.717, 1.165) is 18.7 Å². The van der Waals surface area contributed by atoms with Crippen molar-refractivity contribution < 1.29 is 8.42 Å². The third kappa shape index (κ3) is 3.39. The molecule has 0 spiro atoms. The Morgan fingerprint density at radius 3 is 2.85 bits per heavy atom. The summed E-state index contributed by atoms with van der Waals surface area (Å²) in [7, 11) is -3.13. The Morgan fingerprint density at radius 1 is 1.55 bits per heavy atom. The summed E-state index contributed by atoms with van der Waals surface area (Å²) >= 11 is 0. The van der Waals surface area contributed by atoms with E-state index in [-0.39, 0.29) is 5.25 Å². The van der Waals surface area contributed by atoms with E-state index in [1.54, 1.807) is 30.7 Å². The zero-order valence-electron chi connectivity index (χ0n) is 12.3. The summed E-state index contributed by atoms with van der Waals surface area (Å²) in [5.41, 5.74) is 1.05. The van der Waals surface area contributed by atoms with E-state index in [4.69, 9.17) is 0 Å². The largest absolute Gasteiger partial charge is 0.347 e. The molecule has 0 aromatic carbocycles. The first-order valence-corrected chi connectivity index (χ1v) is 8.61. The van der Waals surface area contributed by atoms with Gasteiger partial charge in [-0.1, -0.05) is 6.92 Å². The van der Waals surface area contributed by atoms with Gasteiger partial charge < -0.3 is 10.3 Å². The highest BCUT2D eigenvalue weighted by molar-refractivity contribution is 7.89. The van der Waals surface area contributed by atoms with Crippen LogP contribution in [0.3, 0.4) is 0 Å². The Labute approximate surface area is 121 Å². The SMILES string of the molecule is CC1CN(S(=O)(=O)C(C)C)CCC1NCc1cnc[nH]1. The molecule has 1 saturated heterocycles. The van der Waals surface area contributed by atoms with Crippen molar-refractivity contribution in [2.24, 2.45) is 5.92 Å². The maximum absolute atomic E-state index is 12.2. The second-order valence-electron chi connectivity index (χ2n) is 5.78. The van der Waals surface area contributed by atoms with Gasteiger partial charge in [0.1, 0.15) is 0 Å². The molecule has 0 aliphatic carbocycles. The average molecular weight is 300 g/mol. The molecule has 1 aliphatic heterocycles. The fraction of sp³-hybridized carbons (Fsp3) is 0.769. The van der Waals surface area contributed by atoms with E-state index in [0.29, 0.717) is 25.0 Å². The molecule has 7 heteroatoms. The van der Waals surface area contributed by atoms with Gasteiger partial charge in [-0.2, -0.15) is 0 Å². The lowest BCUT2D eigenvalue weighted by Gasteiger charge is -2.37. The minimum absolute atomic E-state index is 0.306. The Morgan fingerprint density at radius 2 is 2.30 bits per heavy atom. The Balaban J connectivity index is 1.89. The first kappa shape index (κ1) is 15.5. The van der Waals surface area contributed by atoms with Gasteiger partial charge in [0.2, 0.25) is 10.0 Å². The molecular weight excluding hydrogens is 276 g/mol. The summed E-state index contributed by atoms with van der Waals surface area (Å²) in [5, 5.41) is 3.14. The molecule has 2 unspecified atom stereocenters. The molecule has 2 rings (SSSR count). The summed E-state index contributed by atoms with van der Waals surface area (Å²) in [6.45, 7) is 7.52. The molecule has 0 radical (unpaired) electrons. The minimum atomic E-state index is -3.13. The number of piperidine rings is 1. The Bertz CT molecular complexity index is 512. The molecule has 1 aromatic heterocycles. The van der Waals surface area contributed by atoms with Gasteiger partial charge in [0.15, 0.2) is 0 Å². The first-order valence-electron chi connectivity index (χ1n) is 7.11. The van der Waals surface area contributed by atoms with E-state index in [2.05, 4.69) is 22.2 Å². The summed E-state index contributed by atoms with van der Waals surface area (Å²) in [5.74, 6) is 0.306. The number of aromatic amines is 1. The summed E-state index contributed by atoms with van der Waals surface area (Å²) in [4.78, 5) is 7.05. The van der Waals surface area contributed by atoms with E-state index >= 15 is 0 Å². The van der Waals surface area contributed by atoms with Gasteiger partial charge in [-0.25, -0.2) is 17.7 Å². The van der Waals surface area contributed by atoms with Crippen LogP contribution in [-0.4, -0.2) is 47.1 Å². The summed E-state index contributed by atoms with van der Waals surface area (Å²) in [6, 6.07) is 0.344. The van der Waals surface area contributed by atoms with Gasteiger partial charge in [0.25, 0.3) is 0 Å². The highest BCUT2D eigenvalue weighted by Crippen LogP contribution is 2.21. The Kier molecular flexibility index (Phi) is 4.82. The number of sulfonamides is 1. The molecule has 2 atom stereocenters. The van der Waals surface area contributed by atoms with Gasteiger partial charge in [0.05, 0.1) is 11.6 Å². The third-order valence-electron chi connectivity index (χ3n) is 3.93. The van der Waals surface area contributed by atoms with E-state index < -0.39 is 10.0 Å². The quantitative estimate of drug-likeness (QED) is 0.848. The van der Waals surface area contributed by atoms with Crippen molar-refractivity contribution in [3.8, 4) is 0 Å². The monoisotopic (exact) mass is 300 g/mol. The molecule has 0 amide bonds. The van der Waals surface area contributed by atoms with Crippen LogP contribution in [-0.2, 0) is 16.6 Å². The molecule has 1 aliphatic rings. The van der Waals surface area contributed by atoms with Crippen LogP contribution >= 0.6 is 0 Å². The van der Waals surface area contributed by atoms with Crippen molar-refractivity contribution in [2.75, 3.05) is 13.1 Å². The number of hydrogen-bond acceptors (Lipinski definition) is 4. The molecule has 6 nitrogen and oxygen atoms in total. The van der Waals surface area contributed by atoms with Crippen LogP contribution in [0.5, 0.6) is 0 Å². The fourth-order valence-electron chi connectivity index (χ4n) is 2.56. The maximum atomic E-state index is 12.2. The molecule has 0 bridgehead atoms. The highest BCUT2D eigenvalue weighted by atomic mass is 32.2. The maximum Gasteiger partial charge on any atom is 0.216 e. The predicted octanol–water partition coefficient (Wildman–Crippen LogP) is 0.948. The van der Waals surface area contributed by atoms with Gasteiger partial charge in [0, 0.05) is 37.6 Å². The van der Waals surface area contributed by atoms with Crippen molar-refractivity contribution in [1.29, 1.82) is 0 Å². The second-order valence-corrected chi connectivity index (χ2v) is 8.27. The number of H-pyrrole nitrogens is 1. The van der Waals surface area contributed by atoms with E-state index in [1.165, 1.54) is 0 Å². The average Bonchev–Trinajstić information content (AvgIpc) is 2.90. The van der Waals surface area contributed by atoms with E-state index in [1.807, 2.05) is 0 Å². The number of aromatic nitrogens is 2. The number of nitrogens with one attached hydrogen (secondary N) is 2. The zero-order chi connectivity index (χ0) is 14.8. The second kappa shape index (κ2) is 6.24. The van der Waals surface area contributed by atoms with Gasteiger partial charge in [-0.05, 0) is 26.2 Å². The van der Waals surface area contributed by atoms with Gasteiger partial charge in [-0.3, -0.25) is 0 Å². The number of rotatable bonds is 5.